The number of hydrogen-bond acceptors (Lipinski definition) is 5. The van der Waals surface area contributed by atoms with E-state index in [2.05, 4.69) is 10.3 Å². The van der Waals surface area contributed by atoms with Crippen molar-refractivity contribution in [1.29, 1.82) is 0 Å². The van der Waals surface area contributed by atoms with Crippen LogP contribution in [0.2, 0.25) is 0 Å². The molecule has 6 nitrogen and oxygen atoms in total. The van der Waals surface area contributed by atoms with Crippen molar-refractivity contribution in [2.24, 2.45) is 0 Å². The number of anilines is 1. The first-order valence-corrected chi connectivity index (χ1v) is 8.28. The molecule has 0 unspecified atom stereocenters. The third-order valence-corrected chi connectivity index (χ3v) is 4.15. The van der Waals surface area contributed by atoms with Gasteiger partial charge < -0.3 is 14.5 Å². The van der Waals surface area contributed by atoms with E-state index in [4.69, 9.17) is 9.15 Å². The standard InChI is InChI=1S/C20H16N2O4/c1-12-21-18(19(25-12)14-5-3-2-4-6-14)20(24)26-15-9-7-13-8-10-17(23)22-16(13)11-15/h2-7,9,11H,8,10H2,1H3,(H,22,23). The minimum absolute atomic E-state index is 0.0422. The molecule has 1 N–H and O–H groups in total. The lowest BCUT2D eigenvalue weighted by atomic mass is 10.0. The molecule has 3 aromatic rings. The van der Waals surface area contributed by atoms with Gasteiger partial charge >= 0.3 is 5.97 Å². The van der Waals surface area contributed by atoms with Crippen LogP contribution in [-0.2, 0) is 11.2 Å². The normalized spacial score (nSPS) is 13.0. The van der Waals surface area contributed by atoms with Gasteiger partial charge in [0.2, 0.25) is 5.91 Å². The Morgan fingerprint density at radius 2 is 1.96 bits per heavy atom. The lowest BCUT2D eigenvalue weighted by Crippen LogP contribution is -2.19. The number of nitrogens with one attached hydrogen (secondary N) is 1. The van der Waals surface area contributed by atoms with E-state index in [0.717, 1.165) is 11.1 Å². The monoisotopic (exact) mass is 348 g/mol. The number of esters is 1. The number of rotatable bonds is 3. The predicted octanol–water partition coefficient (Wildman–Crippen LogP) is 3.75. The molecule has 130 valence electrons. The summed E-state index contributed by atoms with van der Waals surface area (Å²) >= 11 is 0. The number of aromatic nitrogens is 1. The molecule has 1 aromatic heterocycles. The van der Waals surface area contributed by atoms with Gasteiger partial charge in [0, 0.05) is 30.7 Å². The highest BCUT2D eigenvalue weighted by molar-refractivity contribution is 5.96. The van der Waals surface area contributed by atoms with E-state index < -0.39 is 5.97 Å². The minimum atomic E-state index is -0.609. The number of oxazole rings is 1. The van der Waals surface area contributed by atoms with Gasteiger partial charge in [0.05, 0.1) is 0 Å². The Labute approximate surface area is 149 Å². The maximum absolute atomic E-state index is 12.6. The number of nitrogens with zero attached hydrogens (tertiary/aromatic N) is 1. The van der Waals surface area contributed by atoms with Crippen molar-refractivity contribution >= 4 is 17.6 Å². The molecule has 2 aromatic carbocycles. The molecule has 0 aliphatic carbocycles. The van der Waals surface area contributed by atoms with Crippen molar-refractivity contribution in [3.8, 4) is 17.1 Å². The molecule has 26 heavy (non-hydrogen) atoms. The largest absolute Gasteiger partial charge is 0.440 e. The molecule has 1 aliphatic rings. The van der Waals surface area contributed by atoms with E-state index >= 15 is 0 Å². The first-order chi connectivity index (χ1) is 12.6. The van der Waals surface area contributed by atoms with Crippen LogP contribution in [0.4, 0.5) is 5.69 Å². The summed E-state index contributed by atoms with van der Waals surface area (Å²) in [6.07, 6.45) is 1.14. The third-order valence-electron chi connectivity index (χ3n) is 4.15. The Hall–Kier alpha value is -3.41. The molecule has 0 saturated heterocycles. The molecule has 0 fully saturated rings. The van der Waals surface area contributed by atoms with Crippen molar-refractivity contribution in [3.05, 3.63) is 65.7 Å². The zero-order chi connectivity index (χ0) is 18.1. The van der Waals surface area contributed by atoms with E-state index in [1.165, 1.54) is 0 Å². The zero-order valence-corrected chi connectivity index (χ0v) is 14.1. The Balaban J connectivity index is 1.62. The molecular formula is C20H16N2O4. The van der Waals surface area contributed by atoms with Crippen LogP contribution in [0.3, 0.4) is 0 Å². The second-order valence-electron chi connectivity index (χ2n) is 6.03. The molecule has 6 heteroatoms. The number of carbonyl (C=O) groups is 2. The molecular weight excluding hydrogens is 332 g/mol. The van der Waals surface area contributed by atoms with Gasteiger partial charge in [-0.15, -0.1) is 0 Å². The van der Waals surface area contributed by atoms with Gasteiger partial charge in [0.15, 0.2) is 17.3 Å². The van der Waals surface area contributed by atoms with Gasteiger partial charge in [-0.25, -0.2) is 9.78 Å². The molecule has 0 radical (unpaired) electrons. The van der Waals surface area contributed by atoms with E-state index in [9.17, 15) is 9.59 Å². The summed E-state index contributed by atoms with van der Waals surface area (Å²) in [5.41, 5.74) is 2.56. The average Bonchev–Trinajstić information content (AvgIpc) is 3.04. The maximum Gasteiger partial charge on any atom is 0.366 e. The summed E-state index contributed by atoms with van der Waals surface area (Å²) in [7, 11) is 0. The lowest BCUT2D eigenvalue weighted by molar-refractivity contribution is -0.116. The summed E-state index contributed by atoms with van der Waals surface area (Å²) in [5, 5.41) is 2.79. The molecule has 0 spiro atoms. The molecule has 1 amide bonds. The number of hydrogen-bond donors (Lipinski definition) is 1. The quantitative estimate of drug-likeness (QED) is 0.576. The molecule has 0 atom stereocenters. The summed E-state index contributed by atoms with van der Waals surface area (Å²) in [5.74, 6) is 0.450. The van der Waals surface area contributed by atoms with Crippen molar-refractivity contribution < 1.29 is 18.7 Å². The zero-order valence-electron chi connectivity index (χ0n) is 14.1. The fraction of sp³-hybridized carbons (Fsp3) is 0.150. The fourth-order valence-corrected chi connectivity index (χ4v) is 2.92. The second-order valence-corrected chi connectivity index (χ2v) is 6.03. The summed E-state index contributed by atoms with van der Waals surface area (Å²) < 4.78 is 11.1. The topological polar surface area (TPSA) is 81.4 Å². The number of amides is 1. The van der Waals surface area contributed by atoms with Crippen LogP contribution in [0.15, 0.2) is 52.9 Å². The highest BCUT2D eigenvalue weighted by Gasteiger charge is 2.23. The van der Waals surface area contributed by atoms with Gasteiger partial charge in [-0.2, -0.15) is 0 Å². The van der Waals surface area contributed by atoms with Crippen molar-refractivity contribution in [2.45, 2.75) is 19.8 Å². The minimum Gasteiger partial charge on any atom is -0.440 e. The third kappa shape index (κ3) is 3.09. The lowest BCUT2D eigenvalue weighted by Gasteiger charge is -2.17. The van der Waals surface area contributed by atoms with Crippen LogP contribution in [0.5, 0.6) is 5.75 Å². The first-order valence-electron chi connectivity index (χ1n) is 8.28. The summed E-state index contributed by atoms with van der Waals surface area (Å²) in [4.78, 5) is 28.3. The van der Waals surface area contributed by atoms with Crippen LogP contribution < -0.4 is 10.1 Å². The number of ether oxygens (including phenoxy) is 1. The molecule has 0 bridgehead atoms. The van der Waals surface area contributed by atoms with E-state index in [1.807, 2.05) is 36.4 Å². The SMILES string of the molecule is Cc1nc(C(=O)Oc2ccc3c(c2)NC(=O)CC3)c(-c2ccccc2)o1. The van der Waals surface area contributed by atoms with Crippen LogP contribution in [0.1, 0.15) is 28.4 Å². The number of carbonyl (C=O) groups excluding carboxylic acids is 2. The highest BCUT2D eigenvalue weighted by atomic mass is 16.5. The Morgan fingerprint density at radius 1 is 1.15 bits per heavy atom. The van der Waals surface area contributed by atoms with Crippen molar-refractivity contribution in [2.75, 3.05) is 5.32 Å². The molecule has 4 rings (SSSR count). The highest BCUT2D eigenvalue weighted by Crippen LogP contribution is 2.29. The number of benzene rings is 2. The molecule has 2 heterocycles. The van der Waals surface area contributed by atoms with Gasteiger partial charge in [-0.3, -0.25) is 4.79 Å². The summed E-state index contributed by atoms with van der Waals surface area (Å²) in [6.45, 7) is 1.68. The van der Waals surface area contributed by atoms with E-state index in [-0.39, 0.29) is 11.6 Å². The number of fused-ring (bicyclic) bond motifs is 1. The van der Waals surface area contributed by atoms with Gasteiger partial charge in [0.1, 0.15) is 5.75 Å². The van der Waals surface area contributed by atoms with Crippen LogP contribution >= 0.6 is 0 Å². The molecule has 0 saturated carbocycles. The van der Waals surface area contributed by atoms with Crippen LogP contribution in [0.25, 0.3) is 11.3 Å². The Bertz CT molecular complexity index is 992. The summed E-state index contributed by atoms with van der Waals surface area (Å²) in [6, 6.07) is 14.5. The first kappa shape index (κ1) is 16.1. The number of aryl methyl sites for hydroxylation is 2. The molecule has 1 aliphatic heterocycles. The predicted molar refractivity (Wildman–Crippen MR) is 95.0 cm³/mol. The maximum atomic E-state index is 12.6. The fourth-order valence-electron chi connectivity index (χ4n) is 2.92. The Morgan fingerprint density at radius 3 is 2.77 bits per heavy atom. The van der Waals surface area contributed by atoms with Gasteiger partial charge in [-0.05, 0) is 18.1 Å². The van der Waals surface area contributed by atoms with Gasteiger partial charge in [0.25, 0.3) is 0 Å². The van der Waals surface area contributed by atoms with Crippen molar-refractivity contribution in [3.63, 3.8) is 0 Å². The van der Waals surface area contributed by atoms with Crippen LogP contribution in [-0.4, -0.2) is 16.9 Å². The van der Waals surface area contributed by atoms with Crippen LogP contribution in [0, 0.1) is 6.92 Å². The average molecular weight is 348 g/mol. The Kier molecular flexibility index (Phi) is 4.01. The van der Waals surface area contributed by atoms with E-state index in [0.29, 0.717) is 35.9 Å². The van der Waals surface area contributed by atoms with E-state index in [1.54, 1.807) is 19.1 Å². The van der Waals surface area contributed by atoms with Crippen molar-refractivity contribution in [1.82, 2.24) is 4.98 Å². The smallest absolute Gasteiger partial charge is 0.366 e. The second kappa shape index (κ2) is 6.48. The van der Waals surface area contributed by atoms with Gasteiger partial charge in [-0.1, -0.05) is 36.4 Å².